The van der Waals surface area contributed by atoms with Crippen LogP contribution in [0.1, 0.15) is 91.0 Å². The van der Waals surface area contributed by atoms with E-state index in [1.807, 2.05) is 46.2 Å². The molecule has 0 spiro atoms. The number of aliphatic hydroxyl groups is 1. The summed E-state index contributed by atoms with van der Waals surface area (Å²) in [5, 5.41) is 12.2. The van der Waals surface area contributed by atoms with Crippen molar-refractivity contribution < 1.29 is 30.0 Å². The Morgan fingerprint density at radius 3 is 2.25 bits per heavy atom. The molecule has 2 aromatic carbocycles. The third-order valence-corrected chi connectivity index (χ3v) is 8.74. The van der Waals surface area contributed by atoms with Crippen LogP contribution in [0.5, 0.6) is 0 Å². The number of hydrogen-bond donors (Lipinski definition) is 1. The molecule has 0 fully saturated rings. The second-order valence-electron chi connectivity index (χ2n) is 12.6. The fourth-order valence-corrected chi connectivity index (χ4v) is 5.98. The molecule has 235 valence electrons. The number of aromatic nitrogens is 2. The monoisotopic (exact) mass is 768 g/mol. The molecule has 2 heterocycles. The van der Waals surface area contributed by atoms with E-state index in [0.717, 1.165) is 55.2 Å². The van der Waals surface area contributed by atoms with E-state index >= 15 is 0 Å². The van der Waals surface area contributed by atoms with E-state index in [9.17, 15) is 9.90 Å². The SMILES string of the molecule is CC(C)(C)c1cc(-c2cc3c(cn2)CCc2ncccc2-3)[c-]c2ccccc12.CCC(CC)C(=O)/C=C(\O)C(CC)CC.[Ir]. The van der Waals surface area contributed by atoms with Crippen molar-refractivity contribution in [3.05, 3.63) is 95.6 Å². The molecule has 0 bridgehead atoms. The molecule has 1 aliphatic rings. The van der Waals surface area contributed by atoms with Crippen molar-refractivity contribution in [2.45, 2.75) is 92.4 Å². The molecule has 0 aliphatic heterocycles. The van der Waals surface area contributed by atoms with Crippen LogP contribution in [0.2, 0.25) is 0 Å². The number of pyridine rings is 2. The quantitative estimate of drug-likeness (QED) is 0.110. The van der Waals surface area contributed by atoms with Gasteiger partial charge in [0.05, 0.1) is 5.76 Å². The van der Waals surface area contributed by atoms with Gasteiger partial charge in [-0.05, 0) is 61.1 Å². The number of ketones is 1. The minimum absolute atomic E-state index is 0. The normalized spacial score (nSPS) is 12.7. The second kappa shape index (κ2) is 15.7. The van der Waals surface area contributed by atoms with Gasteiger partial charge in [-0.25, -0.2) is 0 Å². The Morgan fingerprint density at radius 1 is 0.909 bits per heavy atom. The average Bonchev–Trinajstić information content (AvgIpc) is 3.01. The van der Waals surface area contributed by atoms with Gasteiger partial charge in [-0.3, -0.25) is 14.8 Å². The molecule has 44 heavy (non-hydrogen) atoms. The summed E-state index contributed by atoms with van der Waals surface area (Å²) in [5.41, 5.74) is 8.41. The van der Waals surface area contributed by atoms with Crippen molar-refractivity contribution in [1.82, 2.24) is 9.97 Å². The number of hydrogen-bond acceptors (Lipinski definition) is 4. The zero-order chi connectivity index (χ0) is 31.1. The Morgan fingerprint density at radius 2 is 1.59 bits per heavy atom. The summed E-state index contributed by atoms with van der Waals surface area (Å²) < 4.78 is 0. The summed E-state index contributed by atoms with van der Waals surface area (Å²) in [5.74, 6) is 0.547. The largest absolute Gasteiger partial charge is 0.512 e. The number of aryl methyl sites for hydroxylation is 2. The zero-order valence-corrected chi connectivity index (χ0v) is 29.7. The van der Waals surface area contributed by atoms with Crippen LogP contribution in [-0.4, -0.2) is 20.9 Å². The van der Waals surface area contributed by atoms with E-state index < -0.39 is 0 Å². The summed E-state index contributed by atoms with van der Waals surface area (Å²) in [6.45, 7) is 14.9. The number of aliphatic hydroxyl groups excluding tert-OH is 1. The van der Waals surface area contributed by atoms with E-state index in [2.05, 4.69) is 74.3 Å². The summed E-state index contributed by atoms with van der Waals surface area (Å²) >= 11 is 0. The van der Waals surface area contributed by atoms with Gasteiger partial charge in [0.15, 0.2) is 5.78 Å². The Labute approximate surface area is 277 Å². The van der Waals surface area contributed by atoms with Gasteiger partial charge in [0.25, 0.3) is 0 Å². The predicted molar refractivity (Wildman–Crippen MR) is 179 cm³/mol. The van der Waals surface area contributed by atoms with E-state index in [4.69, 9.17) is 4.98 Å². The van der Waals surface area contributed by atoms with E-state index in [0.29, 0.717) is 0 Å². The molecule has 0 unspecified atom stereocenters. The zero-order valence-electron chi connectivity index (χ0n) is 27.3. The first kappa shape index (κ1) is 35.3. The second-order valence-corrected chi connectivity index (χ2v) is 12.6. The summed E-state index contributed by atoms with van der Waals surface area (Å²) in [6, 6.07) is 20.8. The maximum atomic E-state index is 11.7. The van der Waals surface area contributed by atoms with Crippen molar-refractivity contribution in [3.63, 3.8) is 0 Å². The van der Waals surface area contributed by atoms with Gasteiger partial charge in [0.1, 0.15) is 0 Å². The first-order valence-corrected chi connectivity index (χ1v) is 15.9. The van der Waals surface area contributed by atoms with Gasteiger partial charge < -0.3 is 5.11 Å². The van der Waals surface area contributed by atoms with Crippen molar-refractivity contribution in [2.24, 2.45) is 11.8 Å². The molecule has 0 saturated carbocycles. The summed E-state index contributed by atoms with van der Waals surface area (Å²) in [6.07, 6.45) is 10.8. The van der Waals surface area contributed by atoms with Crippen LogP contribution >= 0.6 is 0 Å². The van der Waals surface area contributed by atoms with Crippen LogP contribution in [0.15, 0.2) is 72.8 Å². The fraction of sp³-hybridized carbons (Fsp3) is 0.410. The Bertz CT molecular complexity index is 1590. The number of carbonyl (C=O) groups excluding carboxylic acids is 1. The fourth-order valence-electron chi connectivity index (χ4n) is 5.98. The molecule has 4 nitrogen and oxygen atoms in total. The molecule has 5 heteroatoms. The van der Waals surface area contributed by atoms with Crippen LogP contribution in [-0.2, 0) is 43.2 Å². The van der Waals surface area contributed by atoms with Crippen LogP contribution in [0, 0.1) is 17.9 Å². The van der Waals surface area contributed by atoms with E-state index in [1.54, 1.807) is 0 Å². The minimum atomic E-state index is 0. The first-order chi connectivity index (χ1) is 20.6. The average molecular weight is 768 g/mol. The molecule has 2 aromatic heterocycles. The number of rotatable bonds is 8. The maximum Gasteiger partial charge on any atom is 0.162 e. The number of benzene rings is 2. The van der Waals surface area contributed by atoms with Crippen molar-refractivity contribution in [1.29, 1.82) is 0 Å². The third-order valence-electron chi connectivity index (χ3n) is 8.74. The van der Waals surface area contributed by atoms with Crippen LogP contribution in [0.25, 0.3) is 33.2 Å². The molecule has 1 aliphatic carbocycles. The Kier molecular flexibility index (Phi) is 12.6. The predicted octanol–water partition coefficient (Wildman–Crippen LogP) is 10.0. The van der Waals surface area contributed by atoms with Gasteiger partial charge in [0, 0.05) is 67.4 Å². The van der Waals surface area contributed by atoms with Gasteiger partial charge >= 0.3 is 0 Å². The number of allylic oxidation sites excluding steroid dienone is 2. The van der Waals surface area contributed by atoms with Gasteiger partial charge in [0.2, 0.25) is 0 Å². The molecule has 0 saturated heterocycles. The summed E-state index contributed by atoms with van der Waals surface area (Å²) in [4.78, 5) is 21.1. The van der Waals surface area contributed by atoms with Crippen molar-refractivity contribution >= 4 is 16.6 Å². The molecule has 4 aromatic rings. The Balaban J connectivity index is 0.000000286. The van der Waals surface area contributed by atoms with Crippen LogP contribution in [0.4, 0.5) is 0 Å². The smallest absolute Gasteiger partial charge is 0.162 e. The molecule has 5 rings (SSSR count). The third kappa shape index (κ3) is 8.11. The number of nitrogens with zero attached hydrogens (tertiary/aromatic N) is 2. The van der Waals surface area contributed by atoms with Gasteiger partial charge in [-0.2, -0.15) is 0 Å². The van der Waals surface area contributed by atoms with Crippen molar-refractivity contribution in [3.8, 4) is 22.4 Å². The standard InChI is InChI=1S/C26H23N2.C13H24O2.Ir/c1-26(2,3)23-14-19(13-17-7-4-5-8-20(17)23)25-15-22-18(16-28-25)10-11-24-21(22)9-6-12-27-24;1-5-10(6-2)12(14)9-13(15)11(7-3)8-4;/h4-9,12,14-16H,10-11H2,1-3H3;9-11,14H,5-8H2,1-4H3;/q-1;;/b;12-9-;. The molecule has 0 atom stereocenters. The van der Waals surface area contributed by atoms with Gasteiger partial charge in [-0.1, -0.05) is 89.7 Å². The summed E-state index contributed by atoms with van der Waals surface area (Å²) in [7, 11) is 0. The van der Waals surface area contributed by atoms with E-state index in [1.165, 1.54) is 39.4 Å². The molecule has 1 radical (unpaired) electrons. The molecular weight excluding hydrogens is 721 g/mol. The molecule has 0 amide bonds. The van der Waals surface area contributed by atoms with Crippen molar-refractivity contribution in [2.75, 3.05) is 0 Å². The van der Waals surface area contributed by atoms with Gasteiger partial charge in [-0.15, -0.1) is 29.1 Å². The number of carbonyl (C=O) groups is 1. The minimum Gasteiger partial charge on any atom is -0.512 e. The maximum absolute atomic E-state index is 11.7. The van der Waals surface area contributed by atoms with Crippen LogP contribution in [0.3, 0.4) is 0 Å². The van der Waals surface area contributed by atoms with Crippen LogP contribution < -0.4 is 0 Å². The first-order valence-electron chi connectivity index (χ1n) is 15.9. The number of fused-ring (bicyclic) bond motifs is 4. The van der Waals surface area contributed by atoms with E-state index in [-0.39, 0.29) is 48.9 Å². The molecular formula is C39H47IrN2O2-. The molecule has 1 N–H and O–H groups in total. The topological polar surface area (TPSA) is 63.1 Å². The Hall–Kier alpha value is -3.14.